The van der Waals surface area contributed by atoms with E-state index in [1.54, 1.807) is 7.11 Å². The predicted octanol–water partition coefficient (Wildman–Crippen LogP) is 4.45. The lowest BCUT2D eigenvalue weighted by Gasteiger charge is -2.58. The molecule has 5 unspecified atom stereocenters. The summed E-state index contributed by atoms with van der Waals surface area (Å²) in [6, 6.07) is 19.0. The molecule has 1 aliphatic carbocycles. The van der Waals surface area contributed by atoms with Crippen molar-refractivity contribution in [1.29, 1.82) is 0 Å². The minimum absolute atomic E-state index is 0.0770. The average Bonchev–Trinajstić information content (AvgIpc) is 3.20. The van der Waals surface area contributed by atoms with Gasteiger partial charge in [0, 0.05) is 42.3 Å². The number of aromatic amines is 1. The van der Waals surface area contributed by atoms with Crippen molar-refractivity contribution < 1.29 is 14.3 Å². The number of hydrogen-bond acceptors (Lipinski definition) is 4. The van der Waals surface area contributed by atoms with Crippen molar-refractivity contribution in [1.82, 2.24) is 9.88 Å². The van der Waals surface area contributed by atoms with Gasteiger partial charge in [0.25, 0.3) is 0 Å². The van der Waals surface area contributed by atoms with Crippen LogP contribution in [-0.4, -0.2) is 48.7 Å². The monoisotopic (exact) mass is 444 g/mol. The Hall–Kier alpha value is -2.63. The van der Waals surface area contributed by atoms with E-state index >= 15 is 0 Å². The van der Waals surface area contributed by atoms with Gasteiger partial charge in [-0.3, -0.25) is 9.69 Å². The summed E-state index contributed by atoms with van der Waals surface area (Å²) in [6.45, 7) is 3.44. The second-order valence-corrected chi connectivity index (χ2v) is 10.1. The van der Waals surface area contributed by atoms with Crippen molar-refractivity contribution >= 4 is 16.9 Å². The van der Waals surface area contributed by atoms with Gasteiger partial charge in [-0.25, -0.2) is 0 Å². The number of benzene rings is 2. The van der Waals surface area contributed by atoms with E-state index in [0.717, 1.165) is 43.6 Å². The number of nitrogens with zero attached hydrogens (tertiary/aromatic N) is 1. The van der Waals surface area contributed by atoms with Crippen LogP contribution in [0.15, 0.2) is 54.6 Å². The molecule has 1 saturated carbocycles. The Morgan fingerprint density at radius 2 is 1.97 bits per heavy atom. The van der Waals surface area contributed by atoms with Crippen molar-refractivity contribution in [2.75, 3.05) is 26.8 Å². The molecule has 4 aliphatic rings. The summed E-state index contributed by atoms with van der Waals surface area (Å²) >= 11 is 0. The van der Waals surface area contributed by atoms with Crippen molar-refractivity contribution in [3.8, 4) is 0 Å². The van der Waals surface area contributed by atoms with Gasteiger partial charge in [0.2, 0.25) is 0 Å². The highest BCUT2D eigenvalue weighted by molar-refractivity contribution is 5.91. The van der Waals surface area contributed by atoms with Gasteiger partial charge in [-0.1, -0.05) is 48.5 Å². The molecule has 1 aromatic heterocycles. The molecule has 4 bridgehead atoms. The van der Waals surface area contributed by atoms with E-state index in [4.69, 9.17) is 9.47 Å². The minimum atomic E-state index is -0.620. The average molecular weight is 445 g/mol. The van der Waals surface area contributed by atoms with Gasteiger partial charge >= 0.3 is 5.97 Å². The van der Waals surface area contributed by atoms with E-state index in [0.29, 0.717) is 25.0 Å². The lowest BCUT2D eigenvalue weighted by molar-refractivity contribution is -0.163. The number of methoxy groups -OCH3 is 1. The Labute approximate surface area is 195 Å². The zero-order valence-corrected chi connectivity index (χ0v) is 19.3. The number of para-hydroxylation sites is 1. The van der Waals surface area contributed by atoms with Crippen LogP contribution in [0, 0.1) is 11.8 Å². The minimum Gasteiger partial charge on any atom is -0.468 e. The molecule has 5 heteroatoms. The van der Waals surface area contributed by atoms with Crippen molar-refractivity contribution in [3.63, 3.8) is 0 Å². The fourth-order valence-electron chi connectivity index (χ4n) is 7.15. The Bertz CT molecular complexity index is 1160. The highest BCUT2D eigenvalue weighted by Crippen LogP contribution is 2.55. The van der Waals surface area contributed by atoms with E-state index in [-0.39, 0.29) is 12.0 Å². The fraction of sp³-hybridized carbons (Fsp3) is 0.464. The quantitative estimate of drug-likeness (QED) is 0.451. The Morgan fingerprint density at radius 1 is 1.15 bits per heavy atom. The van der Waals surface area contributed by atoms with Gasteiger partial charge in [0.1, 0.15) is 5.41 Å². The molecule has 33 heavy (non-hydrogen) atoms. The van der Waals surface area contributed by atoms with Gasteiger partial charge in [-0.05, 0) is 54.7 Å². The van der Waals surface area contributed by atoms with Crippen LogP contribution in [0.4, 0.5) is 0 Å². The molecular formula is C28H32N2O3. The Balaban J connectivity index is 1.33. The molecule has 2 aromatic carbocycles. The summed E-state index contributed by atoms with van der Waals surface area (Å²) in [5, 5.41) is 1.25. The third-order valence-electron chi connectivity index (χ3n) is 8.29. The number of hydrogen-bond donors (Lipinski definition) is 1. The number of esters is 1. The normalized spacial score (nSPS) is 30.1. The predicted molar refractivity (Wildman–Crippen MR) is 128 cm³/mol. The van der Waals surface area contributed by atoms with Crippen LogP contribution in [0.3, 0.4) is 0 Å². The SMILES string of the molecule is COC(=O)C12CC3CC(CCOCc4ccccc4)C1N(CCc1c2[nH]c2ccccc12)C3. The second kappa shape index (κ2) is 8.30. The molecule has 0 amide bonds. The van der Waals surface area contributed by atoms with E-state index in [1.807, 2.05) is 6.07 Å². The lowest BCUT2D eigenvalue weighted by atomic mass is 9.56. The molecule has 4 heterocycles. The number of piperidine rings is 2. The molecule has 0 spiro atoms. The van der Waals surface area contributed by atoms with Crippen molar-refractivity contribution in [3.05, 3.63) is 71.4 Å². The summed E-state index contributed by atoms with van der Waals surface area (Å²) in [4.78, 5) is 19.9. The van der Waals surface area contributed by atoms with Crippen LogP contribution in [0.2, 0.25) is 0 Å². The van der Waals surface area contributed by atoms with Gasteiger partial charge < -0.3 is 14.5 Å². The van der Waals surface area contributed by atoms with Crippen LogP contribution in [-0.2, 0) is 32.7 Å². The number of nitrogens with one attached hydrogen (secondary N) is 1. The Morgan fingerprint density at radius 3 is 2.82 bits per heavy atom. The van der Waals surface area contributed by atoms with Crippen molar-refractivity contribution in [2.45, 2.75) is 43.7 Å². The molecule has 3 aromatic rings. The standard InChI is InChI=1S/C28H32N2O3/c1-32-27(31)28-16-20-15-21(12-14-33-18-19-7-3-2-4-8-19)26(28)30(17-20)13-11-23-22-9-5-6-10-24(22)29-25(23)28/h2-10,20-21,26,29H,11-18H2,1H3. The van der Waals surface area contributed by atoms with E-state index in [2.05, 4.69) is 58.4 Å². The van der Waals surface area contributed by atoms with Crippen LogP contribution in [0.1, 0.15) is 36.1 Å². The maximum atomic E-state index is 13.6. The van der Waals surface area contributed by atoms with Crippen LogP contribution < -0.4 is 0 Å². The van der Waals surface area contributed by atoms with Gasteiger partial charge in [-0.15, -0.1) is 0 Å². The van der Waals surface area contributed by atoms with Crippen LogP contribution >= 0.6 is 0 Å². The van der Waals surface area contributed by atoms with Gasteiger partial charge in [0.05, 0.1) is 13.7 Å². The number of carbonyl (C=O) groups excluding carboxylic acids is 1. The summed E-state index contributed by atoms with van der Waals surface area (Å²) in [7, 11) is 1.55. The first kappa shape index (κ1) is 20.9. The first-order valence-corrected chi connectivity index (χ1v) is 12.2. The zero-order valence-electron chi connectivity index (χ0n) is 19.3. The summed E-state index contributed by atoms with van der Waals surface area (Å²) < 4.78 is 11.6. The number of H-pyrrole nitrogens is 1. The molecule has 5 atom stereocenters. The number of ether oxygens (including phenoxy) is 2. The molecule has 3 aliphatic heterocycles. The van der Waals surface area contributed by atoms with E-state index in [9.17, 15) is 4.79 Å². The highest BCUT2D eigenvalue weighted by atomic mass is 16.5. The fourth-order valence-corrected chi connectivity index (χ4v) is 7.15. The maximum absolute atomic E-state index is 13.6. The summed E-state index contributed by atoms with van der Waals surface area (Å²) in [5.41, 5.74) is 4.13. The number of carbonyl (C=O) groups is 1. The zero-order chi connectivity index (χ0) is 22.4. The van der Waals surface area contributed by atoms with Crippen LogP contribution in [0.25, 0.3) is 10.9 Å². The van der Waals surface area contributed by atoms with Gasteiger partial charge in [-0.2, -0.15) is 0 Å². The Kier molecular flexibility index (Phi) is 5.27. The number of rotatable bonds is 6. The molecule has 7 rings (SSSR count). The lowest BCUT2D eigenvalue weighted by Crippen LogP contribution is -2.67. The first-order valence-electron chi connectivity index (χ1n) is 12.2. The summed E-state index contributed by atoms with van der Waals surface area (Å²) in [5.74, 6) is 0.849. The smallest absolute Gasteiger partial charge is 0.319 e. The van der Waals surface area contributed by atoms with Crippen LogP contribution in [0.5, 0.6) is 0 Å². The summed E-state index contributed by atoms with van der Waals surface area (Å²) in [6.07, 6.45) is 3.99. The largest absolute Gasteiger partial charge is 0.468 e. The van der Waals surface area contributed by atoms with E-state index < -0.39 is 5.41 Å². The molecular weight excluding hydrogens is 412 g/mol. The molecule has 0 radical (unpaired) electrons. The molecule has 172 valence electrons. The number of aromatic nitrogens is 1. The second-order valence-electron chi connectivity index (χ2n) is 10.1. The molecule has 1 N–H and O–H groups in total. The third-order valence-corrected chi connectivity index (χ3v) is 8.29. The topological polar surface area (TPSA) is 54.6 Å². The number of fused-ring (bicyclic) bond motifs is 4. The molecule has 5 nitrogen and oxygen atoms in total. The molecule has 2 saturated heterocycles. The highest BCUT2D eigenvalue weighted by Gasteiger charge is 2.62. The van der Waals surface area contributed by atoms with Gasteiger partial charge in [0.15, 0.2) is 0 Å². The van der Waals surface area contributed by atoms with E-state index in [1.165, 1.54) is 22.9 Å². The maximum Gasteiger partial charge on any atom is 0.319 e. The molecule has 3 fully saturated rings. The van der Waals surface area contributed by atoms with Crippen molar-refractivity contribution in [2.24, 2.45) is 11.8 Å². The first-order chi connectivity index (χ1) is 16.2. The third kappa shape index (κ3) is 3.32.